The molecule has 1 aromatic heterocycles. The average Bonchev–Trinajstić information content (AvgIpc) is 2.74. The number of β-amino-alcohol motifs (C(OH)–C–C–N with tert-alkyl or cyclic N) is 1. The van der Waals surface area contributed by atoms with Gasteiger partial charge in [-0.2, -0.15) is 0 Å². The van der Waals surface area contributed by atoms with Crippen molar-refractivity contribution in [1.29, 1.82) is 0 Å². The maximum atomic E-state index is 9.93. The molecule has 3 N–H and O–H groups in total. The summed E-state index contributed by atoms with van der Waals surface area (Å²) in [7, 11) is 0. The summed E-state index contributed by atoms with van der Waals surface area (Å²) < 4.78 is 0. The Kier molecular flexibility index (Phi) is 4.29. The number of nitrogen functional groups attached to an aromatic ring is 1. The Hall–Kier alpha value is -1.30. The standard InChI is InChI=1S/C13H15N3OS.ClH/c14-13-15-6-11(18-13)8-16-7-10(17)5-9-3-1-2-4-12(9)16;/h1-4,6,10,17H,5,7-8H2,(H2,14,15);1H. The number of fused-ring (bicyclic) bond motifs is 1. The summed E-state index contributed by atoms with van der Waals surface area (Å²) in [6.07, 6.45) is 2.24. The van der Waals surface area contributed by atoms with Gasteiger partial charge in [-0.1, -0.05) is 18.2 Å². The van der Waals surface area contributed by atoms with Gasteiger partial charge in [-0.3, -0.25) is 0 Å². The summed E-state index contributed by atoms with van der Waals surface area (Å²) in [6.45, 7) is 1.41. The fourth-order valence-corrected chi connectivity index (χ4v) is 3.10. The molecule has 0 radical (unpaired) electrons. The average molecular weight is 298 g/mol. The van der Waals surface area contributed by atoms with E-state index in [9.17, 15) is 5.11 Å². The van der Waals surface area contributed by atoms with Crippen LogP contribution in [0.5, 0.6) is 0 Å². The third kappa shape index (κ3) is 3.00. The van der Waals surface area contributed by atoms with Crippen molar-refractivity contribution in [3.63, 3.8) is 0 Å². The van der Waals surface area contributed by atoms with Crippen LogP contribution in [0, 0.1) is 0 Å². The van der Waals surface area contributed by atoms with E-state index < -0.39 is 0 Å². The molecule has 1 aliphatic heterocycles. The van der Waals surface area contributed by atoms with Crippen LogP contribution in [0.25, 0.3) is 0 Å². The molecule has 0 aliphatic carbocycles. The topological polar surface area (TPSA) is 62.4 Å². The summed E-state index contributed by atoms with van der Waals surface area (Å²) in [5, 5.41) is 10.5. The van der Waals surface area contributed by atoms with Crippen molar-refractivity contribution in [3.8, 4) is 0 Å². The first-order valence-electron chi connectivity index (χ1n) is 5.93. The monoisotopic (exact) mass is 297 g/mol. The van der Waals surface area contributed by atoms with Crippen LogP contribution >= 0.6 is 23.7 Å². The van der Waals surface area contributed by atoms with Crippen LogP contribution in [0.4, 0.5) is 10.8 Å². The molecule has 0 saturated carbocycles. The molecule has 2 aromatic rings. The van der Waals surface area contributed by atoms with Crippen LogP contribution in [0.3, 0.4) is 0 Å². The number of aromatic nitrogens is 1. The molecule has 0 spiro atoms. The van der Waals surface area contributed by atoms with Gasteiger partial charge in [-0.15, -0.1) is 23.7 Å². The number of aliphatic hydroxyl groups is 1. The zero-order valence-corrected chi connectivity index (χ0v) is 12.0. The number of rotatable bonds is 2. The lowest BCUT2D eigenvalue weighted by atomic mass is 10.00. The molecule has 0 saturated heterocycles. The Labute approximate surface area is 122 Å². The molecule has 1 atom stereocenters. The molecule has 0 fully saturated rings. The second-order valence-corrected chi connectivity index (χ2v) is 5.68. The normalized spacial score (nSPS) is 17.7. The van der Waals surface area contributed by atoms with E-state index in [1.165, 1.54) is 22.6 Å². The Morgan fingerprint density at radius 2 is 2.21 bits per heavy atom. The molecule has 6 heteroatoms. The lowest BCUT2D eigenvalue weighted by Gasteiger charge is -2.33. The third-order valence-electron chi connectivity index (χ3n) is 3.14. The number of hydrogen-bond donors (Lipinski definition) is 2. The summed E-state index contributed by atoms with van der Waals surface area (Å²) in [6, 6.07) is 8.22. The van der Waals surface area contributed by atoms with Crippen LogP contribution < -0.4 is 10.6 Å². The Morgan fingerprint density at radius 3 is 2.95 bits per heavy atom. The zero-order chi connectivity index (χ0) is 12.5. The first-order valence-corrected chi connectivity index (χ1v) is 6.75. The molecule has 102 valence electrons. The second kappa shape index (κ2) is 5.77. The van der Waals surface area contributed by atoms with E-state index in [0.29, 0.717) is 11.7 Å². The highest BCUT2D eigenvalue weighted by atomic mass is 35.5. The van der Waals surface area contributed by atoms with Crippen LogP contribution in [-0.4, -0.2) is 22.7 Å². The molecule has 1 aliphatic rings. The lowest BCUT2D eigenvalue weighted by molar-refractivity contribution is 0.175. The van der Waals surface area contributed by atoms with Crippen molar-refractivity contribution in [3.05, 3.63) is 40.9 Å². The van der Waals surface area contributed by atoms with Crippen LogP contribution in [0.1, 0.15) is 10.4 Å². The fraction of sp³-hybridized carbons (Fsp3) is 0.308. The SMILES string of the molecule is Cl.Nc1ncc(CN2CC(O)Cc3ccccc32)s1. The van der Waals surface area contributed by atoms with E-state index in [1.54, 1.807) is 0 Å². The number of halogens is 1. The summed E-state index contributed by atoms with van der Waals surface area (Å²) >= 11 is 1.50. The Bertz CT molecular complexity index is 560. The van der Waals surface area contributed by atoms with E-state index in [1.807, 2.05) is 18.3 Å². The van der Waals surface area contributed by atoms with Gasteiger partial charge in [0.05, 0.1) is 12.6 Å². The van der Waals surface area contributed by atoms with E-state index >= 15 is 0 Å². The molecule has 4 nitrogen and oxygen atoms in total. The van der Waals surface area contributed by atoms with E-state index in [0.717, 1.165) is 17.8 Å². The summed E-state index contributed by atoms with van der Waals surface area (Å²) in [4.78, 5) is 7.38. The molecule has 0 amide bonds. The predicted molar refractivity (Wildman–Crippen MR) is 81.0 cm³/mol. The van der Waals surface area contributed by atoms with E-state index in [4.69, 9.17) is 5.73 Å². The van der Waals surface area contributed by atoms with Crippen molar-refractivity contribution in [2.75, 3.05) is 17.2 Å². The van der Waals surface area contributed by atoms with Gasteiger partial charge in [-0.25, -0.2) is 4.98 Å². The maximum Gasteiger partial charge on any atom is 0.180 e. The van der Waals surface area contributed by atoms with Gasteiger partial charge >= 0.3 is 0 Å². The zero-order valence-electron chi connectivity index (χ0n) is 10.3. The third-order valence-corrected chi connectivity index (χ3v) is 3.95. The summed E-state index contributed by atoms with van der Waals surface area (Å²) in [5.41, 5.74) is 8.05. The Morgan fingerprint density at radius 1 is 1.42 bits per heavy atom. The number of anilines is 2. The van der Waals surface area contributed by atoms with Gasteiger partial charge < -0.3 is 15.7 Å². The molecule has 1 unspecified atom stereocenters. The van der Waals surface area contributed by atoms with Gasteiger partial charge in [0, 0.05) is 29.7 Å². The first-order chi connectivity index (χ1) is 8.72. The number of nitrogens with zero attached hydrogens (tertiary/aromatic N) is 2. The number of para-hydroxylation sites is 1. The summed E-state index contributed by atoms with van der Waals surface area (Å²) in [5.74, 6) is 0. The number of aliphatic hydroxyl groups excluding tert-OH is 1. The van der Waals surface area contributed by atoms with Crippen LogP contribution in [0.15, 0.2) is 30.5 Å². The highest BCUT2D eigenvalue weighted by Gasteiger charge is 2.22. The minimum absolute atomic E-state index is 0. The molecular formula is C13H16ClN3OS. The van der Waals surface area contributed by atoms with Crippen molar-refractivity contribution in [2.45, 2.75) is 19.1 Å². The Balaban J connectivity index is 0.00000133. The lowest BCUT2D eigenvalue weighted by Crippen LogP contribution is -2.37. The highest BCUT2D eigenvalue weighted by Crippen LogP contribution is 2.29. The van der Waals surface area contributed by atoms with E-state index in [-0.39, 0.29) is 18.5 Å². The largest absolute Gasteiger partial charge is 0.391 e. The van der Waals surface area contributed by atoms with Gasteiger partial charge in [0.1, 0.15) is 0 Å². The smallest absolute Gasteiger partial charge is 0.180 e. The molecule has 1 aromatic carbocycles. The minimum atomic E-state index is -0.301. The van der Waals surface area contributed by atoms with Crippen molar-refractivity contribution in [2.24, 2.45) is 0 Å². The van der Waals surface area contributed by atoms with Crippen molar-refractivity contribution in [1.82, 2.24) is 4.98 Å². The number of benzene rings is 1. The van der Waals surface area contributed by atoms with Gasteiger partial charge in [-0.05, 0) is 11.6 Å². The second-order valence-electron chi connectivity index (χ2n) is 4.53. The van der Waals surface area contributed by atoms with Crippen LogP contribution in [0.2, 0.25) is 0 Å². The van der Waals surface area contributed by atoms with Crippen molar-refractivity contribution < 1.29 is 5.11 Å². The van der Waals surface area contributed by atoms with Gasteiger partial charge in [0.25, 0.3) is 0 Å². The maximum absolute atomic E-state index is 9.93. The van der Waals surface area contributed by atoms with Crippen LogP contribution in [-0.2, 0) is 13.0 Å². The fourth-order valence-electron chi connectivity index (χ4n) is 2.40. The van der Waals surface area contributed by atoms with E-state index in [2.05, 4.69) is 22.0 Å². The highest BCUT2D eigenvalue weighted by molar-refractivity contribution is 7.15. The first kappa shape index (κ1) is 14.1. The molecule has 3 rings (SSSR count). The molecular weight excluding hydrogens is 282 g/mol. The molecule has 2 heterocycles. The predicted octanol–water partition coefficient (Wildman–Crippen LogP) is 2.07. The minimum Gasteiger partial charge on any atom is -0.391 e. The van der Waals surface area contributed by atoms with Gasteiger partial charge in [0.2, 0.25) is 0 Å². The number of nitrogens with two attached hydrogens (primary N) is 1. The molecule has 19 heavy (non-hydrogen) atoms. The molecule has 0 bridgehead atoms. The van der Waals surface area contributed by atoms with Gasteiger partial charge in [0.15, 0.2) is 5.13 Å². The quantitative estimate of drug-likeness (QED) is 0.891. The number of hydrogen-bond acceptors (Lipinski definition) is 5. The number of thiazole rings is 1. The van der Waals surface area contributed by atoms with Crippen molar-refractivity contribution >= 4 is 34.6 Å².